The summed E-state index contributed by atoms with van der Waals surface area (Å²) in [6, 6.07) is 6.68. The SMILES string of the molecule is CCCNc1cccc(CN2CCOCC2C)n1. The summed E-state index contributed by atoms with van der Waals surface area (Å²) in [6.45, 7) is 8.91. The van der Waals surface area contributed by atoms with Crippen molar-refractivity contribution < 1.29 is 4.74 Å². The molecule has 1 N–H and O–H groups in total. The highest BCUT2D eigenvalue weighted by molar-refractivity contribution is 5.35. The normalized spacial score (nSPS) is 20.9. The highest BCUT2D eigenvalue weighted by Crippen LogP contribution is 2.12. The molecule has 0 radical (unpaired) electrons. The van der Waals surface area contributed by atoms with Crippen molar-refractivity contribution >= 4 is 5.82 Å². The van der Waals surface area contributed by atoms with E-state index in [2.05, 4.69) is 41.2 Å². The molecule has 1 aliphatic rings. The zero-order valence-corrected chi connectivity index (χ0v) is 11.4. The van der Waals surface area contributed by atoms with Crippen LogP contribution in [0.3, 0.4) is 0 Å². The van der Waals surface area contributed by atoms with Crippen molar-refractivity contribution in [1.82, 2.24) is 9.88 Å². The summed E-state index contributed by atoms with van der Waals surface area (Å²) in [5.41, 5.74) is 1.13. The highest BCUT2D eigenvalue weighted by Gasteiger charge is 2.19. The van der Waals surface area contributed by atoms with Gasteiger partial charge in [0.05, 0.1) is 18.9 Å². The monoisotopic (exact) mass is 249 g/mol. The standard InChI is InChI=1S/C14H23N3O/c1-3-7-15-14-6-4-5-13(16-14)10-17-8-9-18-11-12(17)2/h4-6,12H,3,7-11H2,1-2H3,(H,15,16). The maximum Gasteiger partial charge on any atom is 0.126 e. The smallest absolute Gasteiger partial charge is 0.126 e. The van der Waals surface area contributed by atoms with Crippen molar-refractivity contribution in [2.45, 2.75) is 32.9 Å². The van der Waals surface area contributed by atoms with Crippen molar-refractivity contribution in [1.29, 1.82) is 0 Å². The van der Waals surface area contributed by atoms with Crippen LogP contribution in [0.4, 0.5) is 5.82 Å². The zero-order valence-electron chi connectivity index (χ0n) is 11.4. The third-order valence-electron chi connectivity index (χ3n) is 3.23. The Morgan fingerprint density at radius 3 is 3.17 bits per heavy atom. The minimum atomic E-state index is 0.479. The van der Waals surface area contributed by atoms with E-state index >= 15 is 0 Å². The van der Waals surface area contributed by atoms with E-state index < -0.39 is 0 Å². The molecule has 2 rings (SSSR count). The van der Waals surface area contributed by atoms with Gasteiger partial charge in [0.25, 0.3) is 0 Å². The second-order valence-corrected chi connectivity index (χ2v) is 4.84. The van der Waals surface area contributed by atoms with Crippen LogP contribution in [0, 0.1) is 0 Å². The van der Waals surface area contributed by atoms with E-state index in [1.165, 1.54) is 0 Å². The first-order chi connectivity index (χ1) is 8.79. The van der Waals surface area contributed by atoms with Gasteiger partial charge in [-0.1, -0.05) is 13.0 Å². The Hall–Kier alpha value is -1.13. The fourth-order valence-electron chi connectivity index (χ4n) is 2.12. The molecular formula is C14H23N3O. The molecule has 0 aliphatic carbocycles. The maximum atomic E-state index is 5.45. The number of aromatic nitrogens is 1. The number of pyridine rings is 1. The Labute approximate surface area is 109 Å². The molecule has 0 amide bonds. The summed E-state index contributed by atoms with van der Waals surface area (Å²) < 4.78 is 5.45. The number of rotatable bonds is 5. The van der Waals surface area contributed by atoms with Gasteiger partial charge >= 0.3 is 0 Å². The second-order valence-electron chi connectivity index (χ2n) is 4.84. The largest absolute Gasteiger partial charge is 0.379 e. The Morgan fingerprint density at radius 1 is 1.50 bits per heavy atom. The summed E-state index contributed by atoms with van der Waals surface area (Å²) in [5.74, 6) is 0.982. The lowest BCUT2D eigenvalue weighted by Gasteiger charge is -2.32. The molecule has 2 heterocycles. The van der Waals surface area contributed by atoms with Gasteiger partial charge in [-0.2, -0.15) is 0 Å². The topological polar surface area (TPSA) is 37.4 Å². The molecule has 0 spiro atoms. The third kappa shape index (κ3) is 3.68. The third-order valence-corrected chi connectivity index (χ3v) is 3.23. The molecule has 1 aromatic rings. The molecule has 0 aromatic carbocycles. The summed E-state index contributed by atoms with van der Waals surface area (Å²) in [4.78, 5) is 7.07. The van der Waals surface area contributed by atoms with E-state index in [4.69, 9.17) is 4.74 Å². The molecule has 18 heavy (non-hydrogen) atoms. The Bertz CT molecular complexity index is 370. The number of morpholine rings is 1. The van der Waals surface area contributed by atoms with E-state index in [9.17, 15) is 0 Å². The summed E-state index contributed by atoms with van der Waals surface area (Å²) >= 11 is 0. The van der Waals surface area contributed by atoms with Gasteiger partial charge in [-0.3, -0.25) is 4.90 Å². The minimum absolute atomic E-state index is 0.479. The quantitative estimate of drug-likeness (QED) is 0.867. The van der Waals surface area contributed by atoms with Crippen LogP contribution in [-0.4, -0.2) is 42.2 Å². The van der Waals surface area contributed by atoms with Crippen molar-refractivity contribution in [3.63, 3.8) is 0 Å². The van der Waals surface area contributed by atoms with Gasteiger partial charge in [-0.15, -0.1) is 0 Å². The van der Waals surface area contributed by atoms with Crippen LogP contribution in [-0.2, 0) is 11.3 Å². The van der Waals surface area contributed by atoms with Crippen molar-refractivity contribution in [3.8, 4) is 0 Å². The Kier molecular flexibility index (Phi) is 4.96. The van der Waals surface area contributed by atoms with Crippen LogP contribution in [0.5, 0.6) is 0 Å². The average Bonchev–Trinajstić information content (AvgIpc) is 2.40. The molecule has 4 heteroatoms. The molecule has 1 aromatic heterocycles. The molecule has 1 saturated heterocycles. The van der Waals surface area contributed by atoms with E-state index in [-0.39, 0.29) is 0 Å². The van der Waals surface area contributed by atoms with E-state index in [0.29, 0.717) is 6.04 Å². The van der Waals surface area contributed by atoms with Crippen molar-refractivity contribution in [3.05, 3.63) is 23.9 Å². The maximum absolute atomic E-state index is 5.45. The van der Waals surface area contributed by atoms with Crippen molar-refractivity contribution in [2.24, 2.45) is 0 Å². The van der Waals surface area contributed by atoms with E-state index in [0.717, 1.165) is 50.8 Å². The molecular weight excluding hydrogens is 226 g/mol. The van der Waals surface area contributed by atoms with Gasteiger partial charge < -0.3 is 10.1 Å². The van der Waals surface area contributed by atoms with Crippen LogP contribution in [0.25, 0.3) is 0 Å². The van der Waals surface area contributed by atoms with Gasteiger partial charge in [0.2, 0.25) is 0 Å². The molecule has 4 nitrogen and oxygen atoms in total. The number of hydrogen-bond acceptors (Lipinski definition) is 4. The highest BCUT2D eigenvalue weighted by atomic mass is 16.5. The van der Waals surface area contributed by atoms with E-state index in [1.54, 1.807) is 0 Å². The molecule has 1 aliphatic heterocycles. The van der Waals surface area contributed by atoms with Crippen LogP contribution < -0.4 is 5.32 Å². The lowest BCUT2D eigenvalue weighted by atomic mass is 10.2. The summed E-state index contributed by atoms with van der Waals surface area (Å²) in [6.07, 6.45) is 1.12. The Balaban J connectivity index is 1.95. The van der Waals surface area contributed by atoms with Crippen LogP contribution in [0.15, 0.2) is 18.2 Å². The van der Waals surface area contributed by atoms with Gasteiger partial charge in [0.1, 0.15) is 5.82 Å². The van der Waals surface area contributed by atoms with Crippen LogP contribution in [0.2, 0.25) is 0 Å². The molecule has 0 saturated carbocycles. The van der Waals surface area contributed by atoms with Gasteiger partial charge in [-0.05, 0) is 25.5 Å². The Morgan fingerprint density at radius 2 is 2.39 bits per heavy atom. The van der Waals surface area contributed by atoms with Gasteiger partial charge in [0.15, 0.2) is 0 Å². The fourth-order valence-corrected chi connectivity index (χ4v) is 2.12. The fraction of sp³-hybridized carbons (Fsp3) is 0.643. The molecule has 1 fully saturated rings. The lowest BCUT2D eigenvalue weighted by Crippen LogP contribution is -2.43. The predicted molar refractivity (Wildman–Crippen MR) is 73.7 cm³/mol. The van der Waals surface area contributed by atoms with Crippen molar-refractivity contribution in [2.75, 3.05) is 31.6 Å². The molecule has 100 valence electrons. The first kappa shape index (κ1) is 13.3. The molecule has 1 unspecified atom stereocenters. The molecule has 0 bridgehead atoms. The number of nitrogens with one attached hydrogen (secondary N) is 1. The average molecular weight is 249 g/mol. The second kappa shape index (κ2) is 6.71. The zero-order chi connectivity index (χ0) is 12.8. The van der Waals surface area contributed by atoms with Gasteiger partial charge in [-0.25, -0.2) is 4.98 Å². The van der Waals surface area contributed by atoms with E-state index in [1.807, 2.05) is 6.07 Å². The number of nitrogens with zero attached hydrogens (tertiary/aromatic N) is 2. The first-order valence-electron chi connectivity index (χ1n) is 6.81. The minimum Gasteiger partial charge on any atom is -0.379 e. The number of hydrogen-bond donors (Lipinski definition) is 1. The summed E-state index contributed by atoms with van der Waals surface area (Å²) in [7, 11) is 0. The number of ether oxygens (including phenoxy) is 1. The number of anilines is 1. The first-order valence-corrected chi connectivity index (χ1v) is 6.81. The van der Waals surface area contributed by atoms with Crippen LogP contribution >= 0.6 is 0 Å². The van der Waals surface area contributed by atoms with Gasteiger partial charge in [0, 0.05) is 25.7 Å². The summed E-state index contributed by atoms with van der Waals surface area (Å²) in [5, 5.41) is 3.33. The predicted octanol–water partition coefficient (Wildman–Crippen LogP) is 2.12. The molecule has 1 atom stereocenters. The lowest BCUT2D eigenvalue weighted by molar-refractivity contribution is -0.00488. The van der Waals surface area contributed by atoms with Crippen LogP contribution in [0.1, 0.15) is 26.0 Å².